The molecule has 0 amide bonds. The third kappa shape index (κ3) is 3.79. The van der Waals surface area contributed by atoms with Crippen LogP contribution in [0.4, 0.5) is 0 Å². The highest BCUT2D eigenvalue weighted by Crippen LogP contribution is 2.33. The van der Waals surface area contributed by atoms with Gasteiger partial charge in [0.25, 0.3) is 0 Å². The lowest BCUT2D eigenvalue weighted by atomic mass is 9.96. The second-order valence-electron chi connectivity index (χ2n) is 9.13. The number of imidazole rings is 1. The van der Waals surface area contributed by atoms with E-state index in [-0.39, 0.29) is 0 Å². The Hall–Kier alpha value is -3.12. The predicted octanol–water partition coefficient (Wildman–Crippen LogP) is 5.33. The third-order valence-corrected chi connectivity index (χ3v) is 7.04. The number of benzene rings is 1. The van der Waals surface area contributed by atoms with E-state index in [4.69, 9.17) is 15.0 Å². The number of H-pyrrole nitrogens is 1. The molecule has 162 valence electrons. The van der Waals surface area contributed by atoms with E-state index in [1.54, 1.807) is 0 Å². The van der Waals surface area contributed by atoms with Crippen molar-refractivity contribution in [2.24, 2.45) is 10.9 Å². The van der Waals surface area contributed by atoms with Crippen molar-refractivity contribution >= 4 is 11.3 Å². The van der Waals surface area contributed by atoms with Gasteiger partial charge in [-0.2, -0.15) is 0 Å². The van der Waals surface area contributed by atoms with Gasteiger partial charge in [0.15, 0.2) is 0 Å². The van der Waals surface area contributed by atoms with E-state index >= 15 is 0 Å². The van der Waals surface area contributed by atoms with Gasteiger partial charge in [-0.25, -0.2) is 4.98 Å². The lowest BCUT2D eigenvalue weighted by Gasteiger charge is -2.09. The number of rotatable bonds is 5. The Bertz CT molecular complexity index is 1140. The second-order valence-corrected chi connectivity index (χ2v) is 9.13. The summed E-state index contributed by atoms with van der Waals surface area (Å²) in [5, 5.41) is 3.49. The highest BCUT2D eigenvalue weighted by atomic mass is 15.0. The number of aromatic amines is 1. The van der Waals surface area contributed by atoms with E-state index < -0.39 is 0 Å². The molecule has 1 aliphatic carbocycles. The molecule has 1 saturated carbocycles. The van der Waals surface area contributed by atoms with E-state index in [9.17, 15) is 0 Å². The highest BCUT2D eigenvalue weighted by molar-refractivity contribution is 5.99. The average Bonchev–Trinajstić information content (AvgIpc) is 3.66. The van der Waals surface area contributed by atoms with Crippen LogP contribution in [0.2, 0.25) is 0 Å². The van der Waals surface area contributed by atoms with Gasteiger partial charge in [0, 0.05) is 29.5 Å². The van der Waals surface area contributed by atoms with Crippen LogP contribution in [-0.2, 0) is 0 Å². The smallest absolute Gasteiger partial charge is 0.123 e. The zero-order valence-corrected chi connectivity index (χ0v) is 18.2. The van der Waals surface area contributed by atoms with E-state index in [1.165, 1.54) is 43.4 Å². The minimum atomic E-state index is 0.353. The first-order valence-corrected chi connectivity index (χ1v) is 11.8. The normalized spacial score (nSPS) is 21.2. The van der Waals surface area contributed by atoms with E-state index in [2.05, 4.69) is 39.6 Å². The Labute approximate surface area is 188 Å². The second kappa shape index (κ2) is 8.43. The largest absolute Gasteiger partial charge is 0.341 e. The van der Waals surface area contributed by atoms with Crippen LogP contribution in [0.15, 0.2) is 54.0 Å². The lowest BCUT2D eigenvalue weighted by molar-refractivity contribution is 0.613. The Kier molecular flexibility index (Phi) is 5.15. The maximum Gasteiger partial charge on any atom is 0.123 e. The molecule has 2 fully saturated rings. The molecule has 1 aromatic carbocycles. The van der Waals surface area contributed by atoms with Crippen LogP contribution in [0.5, 0.6) is 0 Å². The number of allylic oxidation sites excluding steroid dienone is 1. The molecule has 4 heterocycles. The van der Waals surface area contributed by atoms with E-state index in [0.29, 0.717) is 12.0 Å². The molecule has 1 saturated heterocycles. The van der Waals surface area contributed by atoms with Crippen molar-refractivity contribution in [1.29, 1.82) is 0 Å². The van der Waals surface area contributed by atoms with Crippen LogP contribution < -0.4 is 5.32 Å². The molecule has 0 spiro atoms. The summed E-state index contributed by atoms with van der Waals surface area (Å²) in [6, 6.07) is 8.79. The fourth-order valence-electron chi connectivity index (χ4n) is 5.15. The molecule has 6 heteroatoms. The first kappa shape index (κ1) is 19.6. The van der Waals surface area contributed by atoms with Gasteiger partial charge in [0.1, 0.15) is 5.82 Å². The molecule has 3 aliphatic rings. The molecule has 32 heavy (non-hydrogen) atoms. The molecule has 0 unspecified atom stereocenters. The monoisotopic (exact) mass is 424 g/mol. The van der Waals surface area contributed by atoms with Crippen molar-refractivity contribution in [1.82, 2.24) is 25.3 Å². The van der Waals surface area contributed by atoms with Crippen LogP contribution in [0.3, 0.4) is 0 Å². The van der Waals surface area contributed by atoms with Crippen LogP contribution >= 0.6 is 0 Å². The van der Waals surface area contributed by atoms with Gasteiger partial charge in [0.2, 0.25) is 0 Å². The first-order valence-electron chi connectivity index (χ1n) is 11.8. The van der Waals surface area contributed by atoms with Crippen LogP contribution in [0, 0.1) is 5.92 Å². The van der Waals surface area contributed by atoms with Crippen molar-refractivity contribution < 1.29 is 0 Å². The summed E-state index contributed by atoms with van der Waals surface area (Å²) >= 11 is 0. The number of aliphatic imine (C=N–C) groups is 1. The van der Waals surface area contributed by atoms with Gasteiger partial charge >= 0.3 is 0 Å². The van der Waals surface area contributed by atoms with Crippen molar-refractivity contribution in [2.75, 3.05) is 6.54 Å². The summed E-state index contributed by atoms with van der Waals surface area (Å²) in [5.41, 5.74) is 7.59. The minimum Gasteiger partial charge on any atom is -0.341 e. The topological polar surface area (TPSA) is 78.9 Å². The number of nitrogens with zero attached hydrogens (tertiary/aromatic N) is 4. The molecule has 3 aromatic rings. The maximum atomic E-state index is 4.70. The summed E-state index contributed by atoms with van der Waals surface area (Å²) in [6.07, 6.45) is 16.2. The molecule has 0 radical (unpaired) electrons. The molecular formula is C26H28N6. The fourth-order valence-corrected chi connectivity index (χ4v) is 5.15. The van der Waals surface area contributed by atoms with Crippen LogP contribution in [-0.4, -0.2) is 32.2 Å². The molecule has 2 aliphatic heterocycles. The standard InChI is InChI=1S/C26H28N6/c1-2-5-17(4-1)22-12-20(13-28-22)24-15-29-23(14-30-24)18-7-9-19(10-8-18)25-16-31-26(32-25)21-6-3-11-27-21/h7-10,13-17,21,27H,1-6,11-12H2,(H,31,32)/t21-/m0/s1. The Balaban J connectivity index is 1.13. The SMILES string of the molecule is C1=C(c2cnc(-c3ccc(-c4cnc([C@@H]5CCCN5)[nH]4)cc3)cn2)CC(C2CCCC2)=N1. The highest BCUT2D eigenvalue weighted by Gasteiger charge is 2.24. The number of aromatic nitrogens is 4. The van der Waals surface area contributed by atoms with Crippen molar-refractivity contribution in [3.8, 4) is 22.5 Å². The third-order valence-electron chi connectivity index (χ3n) is 7.04. The maximum absolute atomic E-state index is 4.70. The molecule has 0 bridgehead atoms. The van der Waals surface area contributed by atoms with Gasteiger partial charge in [-0.1, -0.05) is 37.1 Å². The van der Waals surface area contributed by atoms with Crippen molar-refractivity contribution in [2.45, 2.75) is 51.0 Å². The van der Waals surface area contributed by atoms with Crippen LogP contribution in [0.1, 0.15) is 62.5 Å². The summed E-state index contributed by atoms with van der Waals surface area (Å²) in [6.45, 7) is 1.07. The Morgan fingerprint density at radius 3 is 2.31 bits per heavy atom. The Morgan fingerprint density at radius 1 is 0.781 bits per heavy atom. The first-order chi connectivity index (χ1) is 15.8. The molecule has 2 N–H and O–H groups in total. The lowest BCUT2D eigenvalue weighted by Crippen LogP contribution is -2.14. The quantitative estimate of drug-likeness (QED) is 0.580. The van der Waals surface area contributed by atoms with Gasteiger partial charge in [0.05, 0.1) is 41.7 Å². The zero-order valence-electron chi connectivity index (χ0n) is 18.2. The zero-order chi connectivity index (χ0) is 21.3. The summed E-state index contributed by atoms with van der Waals surface area (Å²) in [4.78, 5) is 22.1. The average molecular weight is 425 g/mol. The molecular weight excluding hydrogens is 396 g/mol. The summed E-state index contributed by atoms with van der Waals surface area (Å²) in [5.74, 6) is 1.71. The molecule has 6 rings (SSSR count). The molecule has 6 nitrogen and oxygen atoms in total. The Morgan fingerprint density at radius 2 is 1.56 bits per heavy atom. The summed E-state index contributed by atoms with van der Waals surface area (Å²) in [7, 11) is 0. The minimum absolute atomic E-state index is 0.353. The fraction of sp³-hybridized carbons (Fsp3) is 0.385. The number of nitrogens with one attached hydrogen (secondary N) is 2. The van der Waals surface area contributed by atoms with E-state index in [0.717, 1.165) is 53.4 Å². The van der Waals surface area contributed by atoms with Gasteiger partial charge in [-0.05, 0) is 43.7 Å². The van der Waals surface area contributed by atoms with Gasteiger partial charge in [-0.15, -0.1) is 0 Å². The summed E-state index contributed by atoms with van der Waals surface area (Å²) < 4.78 is 0. The van der Waals surface area contributed by atoms with Crippen molar-refractivity contribution in [3.05, 3.63) is 60.6 Å². The van der Waals surface area contributed by atoms with E-state index in [1.807, 2.05) is 24.8 Å². The van der Waals surface area contributed by atoms with Gasteiger partial charge < -0.3 is 10.3 Å². The number of hydrogen-bond donors (Lipinski definition) is 2. The van der Waals surface area contributed by atoms with Crippen molar-refractivity contribution in [3.63, 3.8) is 0 Å². The predicted molar refractivity (Wildman–Crippen MR) is 127 cm³/mol. The molecule has 1 atom stereocenters. The number of hydrogen-bond acceptors (Lipinski definition) is 5. The molecule has 2 aromatic heterocycles. The van der Waals surface area contributed by atoms with Gasteiger partial charge in [-0.3, -0.25) is 15.0 Å². The van der Waals surface area contributed by atoms with Crippen LogP contribution in [0.25, 0.3) is 28.1 Å².